The van der Waals surface area contributed by atoms with Crippen molar-refractivity contribution in [3.8, 4) is 0 Å². The normalized spacial score (nSPS) is 14.7. The third-order valence-corrected chi connectivity index (χ3v) is 8.28. The van der Waals surface area contributed by atoms with Crippen LogP contribution in [0, 0.1) is 20.2 Å². The maximum absolute atomic E-state index is 12.9. The molecule has 0 aromatic heterocycles. The number of nitro groups is 2. The lowest BCUT2D eigenvalue weighted by atomic mass is 10.0. The first-order chi connectivity index (χ1) is 23.7. The van der Waals surface area contributed by atoms with Crippen molar-refractivity contribution in [2.45, 2.75) is 122 Å². The van der Waals surface area contributed by atoms with E-state index in [4.69, 9.17) is 18.9 Å². The third kappa shape index (κ3) is 13.1. The molecule has 1 aliphatic rings. The van der Waals surface area contributed by atoms with Crippen LogP contribution in [-0.4, -0.2) is 45.7 Å². The standard InChI is InChI=1S/C36H48N2O11/c1-2-3-4-5-6-7-8-9-10-11-12-13-14-23-32(40)46-26-31(39)33-34(47-24-27-19-15-17-21-29(27)37(42)43)35(36(41)49-33)48-25-28-20-16-18-22-30(28)38(44)45/h15-22,31,33,39H,2-14,23-26H2,1H3. The Balaban J connectivity index is 1.52. The quantitative estimate of drug-likeness (QED) is 0.0468. The Hall–Kier alpha value is -4.52. The summed E-state index contributed by atoms with van der Waals surface area (Å²) < 4.78 is 22.0. The fourth-order valence-electron chi connectivity index (χ4n) is 5.54. The average molecular weight is 685 g/mol. The number of unbranched alkanes of at least 4 members (excludes halogenated alkanes) is 12. The van der Waals surface area contributed by atoms with Crippen molar-refractivity contribution in [2.75, 3.05) is 6.61 Å². The molecular weight excluding hydrogens is 636 g/mol. The summed E-state index contributed by atoms with van der Waals surface area (Å²) in [5.74, 6) is -2.26. The molecule has 3 rings (SSSR count). The van der Waals surface area contributed by atoms with E-state index < -0.39 is 53.0 Å². The first kappa shape index (κ1) is 38.9. The van der Waals surface area contributed by atoms with Gasteiger partial charge in [0.1, 0.15) is 25.9 Å². The van der Waals surface area contributed by atoms with Crippen LogP contribution in [0.5, 0.6) is 0 Å². The molecule has 1 N–H and O–H groups in total. The van der Waals surface area contributed by atoms with Gasteiger partial charge in [-0.2, -0.15) is 0 Å². The van der Waals surface area contributed by atoms with Gasteiger partial charge < -0.3 is 24.1 Å². The predicted molar refractivity (Wildman–Crippen MR) is 180 cm³/mol. The molecule has 1 heterocycles. The van der Waals surface area contributed by atoms with E-state index in [2.05, 4.69) is 6.92 Å². The number of carbonyl (C=O) groups excluding carboxylic acids is 2. The van der Waals surface area contributed by atoms with Crippen molar-refractivity contribution in [1.82, 2.24) is 0 Å². The van der Waals surface area contributed by atoms with Crippen molar-refractivity contribution in [3.05, 3.63) is 91.4 Å². The molecule has 0 saturated heterocycles. The maximum Gasteiger partial charge on any atom is 0.378 e. The lowest BCUT2D eigenvalue weighted by molar-refractivity contribution is -0.386. The van der Waals surface area contributed by atoms with Gasteiger partial charge in [-0.15, -0.1) is 0 Å². The molecular formula is C36H48N2O11. The van der Waals surface area contributed by atoms with E-state index in [0.29, 0.717) is 6.42 Å². The number of aliphatic hydroxyl groups is 1. The van der Waals surface area contributed by atoms with E-state index in [1.54, 1.807) is 12.1 Å². The van der Waals surface area contributed by atoms with Crippen LogP contribution in [0.15, 0.2) is 60.0 Å². The lowest BCUT2D eigenvalue weighted by Crippen LogP contribution is -2.34. The van der Waals surface area contributed by atoms with Gasteiger partial charge in [0, 0.05) is 18.6 Å². The molecule has 268 valence electrons. The van der Waals surface area contributed by atoms with Gasteiger partial charge >= 0.3 is 11.9 Å². The minimum atomic E-state index is -1.55. The highest BCUT2D eigenvalue weighted by Gasteiger charge is 2.43. The van der Waals surface area contributed by atoms with Crippen molar-refractivity contribution in [1.29, 1.82) is 0 Å². The van der Waals surface area contributed by atoms with Crippen LogP contribution in [0.25, 0.3) is 0 Å². The molecule has 0 radical (unpaired) electrons. The maximum atomic E-state index is 12.9. The first-order valence-electron chi connectivity index (χ1n) is 17.2. The average Bonchev–Trinajstić information content (AvgIpc) is 3.41. The van der Waals surface area contributed by atoms with Crippen molar-refractivity contribution >= 4 is 23.3 Å². The van der Waals surface area contributed by atoms with Gasteiger partial charge in [0.15, 0.2) is 11.9 Å². The Morgan fingerprint density at radius 2 is 1.24 bits per heavy atom. The fraction of sp³-hybridized carbons (Fsp3) is 0.556. The SMILES string of the molecule is CCCCCCCCCCCCCCCC(=O)OCC(O)C1OC(=O)C(OCc2ccccc2[N+](=O)[O-])=C1OCc1ccccc1[N+](=O)[O-]. The monoisotopic (exact) mass is 684 g/mol. The molecule has 0 bridgehead atoms. The van der Waals surface area contributed by atoms with Crippen LogP contribution in [0.1, 0.15) is 108 Å². The Morgan fingerprint density at radius 3 is 1.76 bits per heavy atom. The molecule has 0 spiro atoms. The largest absolute Gasteiger partial charge is 0.485 e. The molecule has 2 unspecified atom stereocenters. The molecule has 2 atom stereocenters. The van der Waals surface area contributed by atoms with Gasteiger partial charge in [-0.3, -0.25) is 25.0 Å². The molecule has 0 amide bonds. The van der Waals surface area contributed by atoms with Gasteiger partial charge in [-0.05, 0) is 18.6 Å². The highest BCUT2D eigenvalue weighted by molar-refractivity contribution is 5.89. The number of rotatable bonds is 25. The second-order valence-electron chi connectivity index (χ2n) is 12.1. The molecule has 13 heteroatoms. The highest BCUT2D eigenvalue weighted by atomic mass is 16.6. The van der Waals surface area contributed by atoms with E-state index in [1.807, 2.05) is 0 Å². The van der Waals surface area contributed by atoms with Crippen LogP contribution in [0.4, 0.5) is 11.4 Å². The van der Waals surface area contributed by atoms with Crippen LogP contribution < -0.4 is 0 Å². The summed E-state index contributed by atoms with van der Waals surface area (Å²) in [7, 11) is 0. The van der Waals surface area contributed by atoms with Crippen LogP contribution >= 0.6 is 0 Å². The van der Waals surface area contributed by atoms with Gasteiger partial charge in [-0.1, -0.05) is 108 Å². The summed E-state index contributed by atoms with van der Waals surface area (Å²) in [6.45, 7) is 0.925. The number of cyclic esters (lactones) is 1. The molecule has 2 aromatic carbocycles. The molecule has 0 saturated carbocycles. The first-order valence-corrected chi connectivity index (χ1v) is 17.2. The number of esters is 2. The van der Waals surface area contributed by atoms with Crippen LogP contribution in [-0.2, 0) is 41.8 Å². The Bertz CT molecular complexity index is 1410. The zero-order valence-corrected chi connectivity index (χ0v) is 28.2. The van der Waals surface area contributed by atoms with Gasteiger partial charge in [0.25, 0.3) is 11.4 Å². The third-order valence-electron chi connectivity index (χ3n) is 8.28. The summed E-state index contributed by atoms with van der Waals surface area (Å²) in [4.78, 5) is 47.0. The Kier molecular flexibility index (Phi) is 17.0. The number of para-hydroxylation sites is 2. The number of hydrogen-bond acceptors (Lipinski definition) is 11. The number of aliphatic hydroxyl groups excluding tert-OH is 1. The molecule has 49 heavy (non-hydrogen) atoms. The molecule has 0 aliphatic carbocycles. The number of carbonyl (C=O) groups is 2. The number of nitro benzene ring substituents is 2. The molecule has 0 fully saturated rings. The van der Waals surface area contributed by atoms with E-state index in [-0.39, 0.29) is 41.3 Å². The summed E-state index contributed by atoms with van der Waals surface area (Å²) >= 11 is 0. The van der Waals surface area contributed by atoms with Crippen molar-refractivity contribution in [3.63, 3.8) is 0 Å². The van der Waals surface area contributed by atoms with E-state index in [0.717, 1.165) is 19.3 Å². The minimum absolute atomic E-state index is 0.164. The van der Waals surface area contributed by atoms with E-state index in [1.165, 1.54) is 94.2 Å². The second-order valence-corrected chi connectivity index (χ2v) is 12.1. The van der Waals surface area contributed by atoms with Crippen molar-refractivity contribution < 1.29 is 43.5 Å². The smallest absolute Gasteiger partial charge is 0.378 e. The minimum Gasteiger partial charge on any atom is -0.485 e. The molecule has 2 aromatic rings. The van der Waals surface area contributed by atoms with Gasteiger partial charge in [0.05, 0.1) is 21.0 Å². The molecule has 1 aliphatic heterocycles. The van der Waals surface area contributed by atoms with Crippen molar-refractivity contribution in [2.24, 2.45) is 0 Å². The number of nitrogens with zero attached hydrogens (tertiary/aromatic N) is 2. The summed E-state index contributed by atoms with van der Waals surface area (Å²) in [6.07, 6.45) is 12.4. The summed E-state index contributed by atoms with van der Waals surface area (Å²) in [5, 5.41) is 33.9. The van der Waals surface area contributed by atoms with Crippen LogP contribution in [0.3, 0.4) is 0 Å². The zero-order chi connectivity index (χ0) is 35.4. The zero-order valence-electron chi connectivity index (χ0n) is 28.2. The lowest BCUT2D eigenvalue weighted by Gasteiger charge is -2.20. The van der Waals surface area contributed by atoms with E-state index >= 15 is 0 Å². The van der Waals surface area contributed by atoms with Crippen LogP contribution in [0.2, 0.25) is 0 Å². The number of ether oxygens (including phenoxy) is 4. The Labute approximate surface area is 286 Å². The number of benzene rings is 2. The predicted octanol–water partition coefficient (Wildman–Crippen LogP) is 7.76. The summed E-state index contributed by atoms with van der Waals surface area (Å²) in [6, 6.07) is 11.6. The fourth-order valence-corrected chi connectivity index (χ4v) is 5.54. The number of hydrogen-bond donors (Lipinski definition) is 1. The topological polar surface area (TPSA) is 178 Å². The highest BCUT2D eigenvalue weighted by Crippen LogP contribution is 2.31. The Morgan fingerprint density at radius 1 is 0.776 bits per heavy atom. The van der Waals surface area contributed by atoms with Gasteiger partial charge in [0.2, 0.25) is 5.76 Å². The van der Waals surface area contributed by atoms with E-state index in [9.17, 15) is 34.9 Å². The van der Waals surface area contributed by atoms with Gasteiger partial charge in [-0.25, -0.2) is 4.79 Å². The molecule has 13 nitrogen and oxygen atoms in total. The summed E-state index contributed by atoms with van der Waals surface area (Å²) in [5.41, 5.74) is -0.120. The second kappa shape index (κ2) is 21.5.